The number of methoxy groups -OCH3 is 2. The maximum Gasteiger partial charge on any atom is 0.178 e. The van der Waals surface area contributed by atoms with Crippen molar-refractivity contribution in [3.8, 4) is 34.3 Å². The van der Waals surface area contributed by atoms with Crippen LogP contribution in [0.25, 0.3) is 32.9 Å². The van der Waals surface area contributed by atoms with Crippen LogP contribution in [0.15, 0.2) is 61.2 Å². The second-order valence-electron chi connectivity index (χ2n) is 7.17. The summed E-state index contributed by atoms with van der Waals surface area (Å²) in [7, 11) is 3.15. The van der Waals surface area contributed by atoms with Crippen LogP contribution in [0.4, 0.5) is 11.6 Å². The molecule has 0 bridgehead atoms. The van der Waals surface area contributed by atoms with Crippen LogP contribution in [-0.2, 0) is 0 Å². The van der Waals surface area contributed by atoms with Crippen LogP contribution in [0.3, 0.4) is 0 Å². The van der Waals surface area contributed by atoms with Gasteiger partial charge in [-0.1, -0.05) is 0 Å². The normalized spacial score (nSPS) is 11.0. The van der Waals surface area contributed by atoms with Gasteiger partial charge in [0.2, 0.25) is 0 Å². The van der Waals surface area contributed by atoms with Gasteiger partial charge in [-0.15, -0.1) is 0 Å². The van der Waals surface area contributed by atoms with E-state index < -0.39 is 0 Å². The largest absolute Gasteiger partial charge is 0.493 e. The Bertz CT molecular complexity index is 1480. The number of benzene rings is 1. The first-order chi connectivity index (χ1) is 16.1. The molecule has 0 fully saturated rings. The molecule has 4 aromatic heterocycles. The van der Waals surface area contributed by atoms with Crippen molar-refractivity contribution in [3.05, 3.63) is 61.2 Å². The monoisotopic (exact) mass is 440 g/mol. The molecular formula is C24H20N6O3. The Balaban J connectivity index is 1.95. The van der Waals surface area contributed by atoms with Crippen LogP contribution in [0, 0.1) is 0 Å². The van der Waals surface area contributed by atoms with Gasteiger partial charge in [0, 0.05) is 47.2 Å². The molecule has 5 rings (SSSR count). The average Bonchev–Trinajstić information content (AvgIpc) is 2.85. The lowest BCUT2D eigenvalue weighted by molar-refractivity contribution is 0.356. The molecule has 33 heavy (non-hydrogen) atoms. The van der Waals surface area contributed by atoms with Crippen molar-refractivity contribution in [2.45, 2.75) is 0 Å². The maximum atomic E-state index is 6.40. The van der Waals surface area contributed by atoms with Crippen LogP contribution in [-0.4, -0.2) is 34.2 Å². The molecule has 0 aliphatic rings. The summed E-state index contributed by atoms with van der Waals surface area (Å²) in [5.41, 5.74) is 14.7. The molecule has 5 aromatic rings. The minimum atomic E-state index is 0.149. The van der Waals surface area contributed by atoms with Crippen molar-refractivity contribution < 1.29 is 14.2 Å². The molecule has 164 valence electrons. The van der Waals surface area contributed by atoms with E-state index >= 15 is 0 Å². The minimum Gasteiger partial charge on any atom is -0.493 e. The lowest BCUT2D eigenvalue weighted by atomic mass is 10.00. The third-order valence-electron chi connectivity index (χ3n) is 5.25. The molecule has 0 spiro atoms. The van der Waals surface area contributed by atoms with Gasteiger partial charge in [0.1, 0.15) is 11.6 Å². The van der Waals surface area contributed by atoms with Gasteiger partial charge in [0.05, 0.1) is 30.8 Å². The second-order valence-corrected chi connectivity index (χ2v) is 7.17. The second kappa shape index (κ2) is 8.12. The van der Waals surface area contributed by atoms with Gasteiger partial charge < -0.3 is 25.7 Å². The van der Waals surface area contributed by atoms with E-state index in [4.69, 9.17) is 30.7 Å². The van der Waals surface area contributed by atoms with Crippen LogP contribution in [0.1, 0.15) is 0 Å². The van der Waals surface area contributed by atoms with Gasteiger partial charge in [-0.05, 0) is 30.3 Å². The van der Waals surface area contributed by atoms with Gasteiger partial charge in [-0.2, -0.15) is 0 Å². The number of nitrogens with two attached hydrogens (primary N) is 2. The number of ether oxygens (including phenoxy) is 3. The Morgan fingerprint density at radius 3 is 2.24 bits per heavy atom. The number of nitrogen functional groups attached to an aromatic ring is 2. The molecule has 1 aromatic carbocycles. The SMILES string of the molecule is COc1cc2nc(-c3cccnc3)c3c(N)nc(N)c(Oc4ccncc4)c3c2cc1OC. The van der Waals surface area contributed by atoms with Crippen LogP contribution in [0.5, 0.6) is 23.0 Å². The van der Waals surface area contributed by atoms with E-state index in [9.17, 15) is 0 Å². The molecule has 0 amide bonds. The minimum absolute atomic E-state index is 0.149. The molecule has 0 unspecified atom stereocenters. The predicted molar refractivity (Wildman–Crippen MR) is 127 cm³/mol. The first-order valence-electron chi connectivity index (χ1n) is 10.0. The number of fused-ring (bicyclic) bond motifs is 3. The zero-order valence-corrected chi connectivity index (χ0v) is 17.9. The van der Waals surface area contributed by atoms with Gasteiger partial charge >= 0.3 is 0 Å². The quantitative estimate of drug-likeness (QED) is 0.386. The van der Waals surface area contributed by atoms with E-state index in [2.05, 4.69) is 15.0 Å². The zero-order valence-electron chi connectivity index (χ0n) is 17.9. The summed E-state index contributed by atoms with van der Waals surface area (Å²) in [5.74, 6) is 2.36. The molecular weight excluding hydrogens is 420 g/mol. The Hall–Kier alpha value is -4.66. The Labute approximate surface area is 189 Å². The lowest BCUT2D eigenvalue weighted by Gasteiger charge is -2.18. The molecule has 0 atom stereocenters. The van der Waals surface area contributed by atoms with E-state index in [0.717, 1.165) is 10.9 Å². The number of anilines is 2. The predicted octanol–water partition coefficient (Wildman–Crippen LogP) is 4.21. The fourth-order valence-corrected chi connectivity index (χ4v) is 3.78. The number of aromatic nitrogens is 4. The highest BCUT2D eigenvalue weighted by Crippen LogP contribution is 2.46. The fraction of sp³-hybridized carbons (Fsp3) is 0.0833. The summed E-state index contributed by atoms with van der Waals surface area (Å²) in [6, 6.07) is 10.8. The van der Waals surface area contributed by atoms with E-state index in [-0.39, 0.29) is 11.6 Å². The summed E-state index contributed by atoms with van der Waals surface area (Å²) in [6.45, 7) is 0. The average molecular weight is 440 g/mol. The van der Waals surface area contributed by atoms with E-state index in [1.807, 2.05) is 18.2 Å². The summed E-state index contributed by atoms with van der Waals surface area (Å²) in [5, 5.41) is 1.97. The first kappa shape index (κ1) is 20.3. The van der Waals surface area contributed by atoms with Crippen molar-refractivity contribution >= 4 is 33.3 Å². The maximum absolute atomic E-state index is 6.40. The summed E-state index contributed by atoms with van der Waals surface area (Å²) in [6.07, 6.45) is 6.67. The van der Waals surface area contributed by atoms with Crippen molar-refractivity contribution in [1.29, 1.82) is 0 Å². The Morgan fingerprint density at radius 2 is 1.55 bits per heavy atom. The van der Waals surface area contributed by atoms with Gasteiger partial charge in [-0.25, -0.2) is 9.97 Å². The smallest absolute Gasteiger partial charge is 0.178 e. The number of nitrogens with zero attached hydrogens (tertiary/aromatic N) is 4. The third-order valence-corrected chi connectivity index (χ3v) is 5.25. The summed E-state index contributed by atoms with van der Waals surface area (Å²) in [4.78, 5) is 17.5. The van der Waals surface area contributed by atoms with Gasteiger partial charge in [0.25, 0.3) is 0 Å². The Kier molecular flexibility index (Phi) is 4.98. The first-order valence-corrected chi connectivity index (χ1v) is 10.0. The summed E-state index contributed by atoms with van der Waals surface area (Å²) >= 11 is 0. The molecule has 0 radical (unpaired) electrons. The molecule has 9 heteroatoms. The van der Waals surface area contributed by atoms with Gasteiger partial charge in [-0.3, -0.25) is 9.97 Å². The highest BCUT2D eigenvalue weighted by molar-refractivity contribution is 6.18. The van der Waals surface area contributed by atoms with E-state index in [1.54, 1.807) is 57.2 Å². The standard InChI is InChI=1S/C24H20N6O3/c1-31-17-10-15-16(11-18(17)32-2)29-21(13-4-3-7-28-12-13)20-19(15)22(24(26)30-23(20)25)33-14-5-8-27-9-6-14/h3-12H,1-2H3,(H4,25,26,30). The van der Waals surface area contributed by atoms with E-state index in [1.165, 1.54) is 0 Å². The molecule has 0 saturated heterocycles. The molecule has 0 saturated carbocycles. The number of pyridine rings is 4. The third kappa shape index (κ3) is 3.45. The molecule has 9 nitrogen and oxygen atoms in total. The molecule has 4 N–H and O–H groups in total. The van der Waals surface area contributed by atoms with Crippen LogP contribution in [0.2, 0.25) is 0 Å². The van der Waals surface area contributed by atoms with Crippen molar-refractivity contribution in [2.75, 3.05) is 25.7 Å². The van der Waals surface area contributed by atoms with Crippen molar-refractivity contribution in [2.24, 2.45) is 0 Å². The number of rotatable bonds is 5. The lowest BCUT2D eigenvalue weighted by Crippen LogP contribution is -2.04. The van der Waals surface area contributed by atoms with Crippen molar-refractivity contribution in [1.82, 2.24) is 19.9 Å². The number of hydrogen-bond donors (Lipinski definition) is 2. The van der Waals surface area contributed by atoms with Crippen molar-refractivity contribution in [3.63, 3.8) is 0 Å². The highest BCUT2D eigenvalue weighted by atomic mass is 16.5. The fourth-order valence-electron chi connectivity index (χ4n) is 3.78. The molecule has 4 heterocycles. The van der Waals surface area contributed by atoms with Gasteiger partial charge in [0.15, 0.2) is 23.1 Å². The van der Waals surface area contributed by atoms with E-state index in [0.29, 0.717) is 45.0 Å². The highest BCUT2D eigenvalue weighted by Gasteiger charge is 2.22. The molecule has 0 aliphatic heterocycles. The van der Waals surface area contributed by atoms with Crippen LogP contribution < -0.4 is 25.7 Å². The number of hydrogen-bond acceptors (Lipinski definition) is 9. The summed E-state index contributed by atoms with van der Waals surface area (Å²) < 4.78 is 17.2. The topological polar surface area (TPSA) is 131 Å². The molecule has 0 aliphatic carbocycles. The Morgan fingerprint density at radius 1 is 0.788 bits per heavy atom. The zero-order chi connectivity index (χ0) is 22.9. The van der Waals surface area contributed by atoms with Crippen LogP contribution >= 0.6 is 0 Å².